The van der Waals surface area contributed by atoms with E-state index in [2.05, 4.69) is 9.88 Å². The van der Waals surface area contributed by atoms with Gasteiger partial charge in [-0.25, -0.2) is 0 Å². The first-order valence-electron chi connectivity index (χ1n) is 9.34. The van der Waals surface area contributed by atoms with Gasteiger partial charge in [-0.15, -0.1) is 0 Å². The van der Waals surface area contributed by atoms with Crippen LogP contribution in [0.4, 0.5) is 0 Å². The predicted molar refractivity (Wildman–Crippen MR) is 116 cm³/mol. The second kappa shape index (κ2) is 9.92. The molecule has 0 bridgehead atoms. The van der Waals surface area contributed by atoms with Gasteiger partial charge in [0, 0.05) is 54.5 Å². The number of ether oxygens (including phenoxy) is 1. The van der Waals surface area contributed by atoms with Crippen LogP contribution in [0.2, 0.25) is 5.02 Å². The van der Waals surface area contributed by atoms with E-state index in [-0.39, 0.29) is 11.5 Å². The van der Waals surface area contributed by atoms with Crippen LogP contribution in [0.5, 0.6) is 0 Å². The second-order valence-corrected chi connectivity index (χ2v) is 7.00. The van der Waals surface area contributed by atoms with Gasteiger partial charge in [0.05, 0.1) is 0 Å². The highest BCUT2D eigenvalue weighted by molar-refractivity contribution is 6.31. The molecule has 0 aliphatic rings. The van der Waals surface area contributed by atoms with Crippen LogP contribution in [0, 0.1) is 11.3 Å². The van der Waals surface area contributed by atoms with Gasteiger partial charge in [0.15, 0.2) is 0 Å². The molecule has 6 heteroatoms. The van der Waals surface area contributed by atoms with Gasteiger partial charge in [0.2, 0.25) is 0 Å². The van der Waals surface area contributed by atoms with E-state index in [4.69, 9.17) is 16.3 Å². The third-order valence-corrected chi connectivity index (χ3v) is 4.96. The molecule has 0 fully saturated rings. The molecule has 0 aliphatic heterocycles. The Morgan fingerprint density at radius 3 is 2.76 bits per heavy atom. The van der Waals surface area contributed by atoms with Crippen molar-refractivity contribution in [1.29, 1.82) is 5.26 Å². The Hall–Kier alpha value is -3.07. The Morgan fingerprint density at radius 2 is 2.00 bits per heavy atom. The summed E-state index contributed by atoms with van der Waals surface area (Å²) in [5.74, 6) is -0.383. The standard InChI is InChI=1S/C23H22ClN3O2/c1-29-12-6-11-26-23(28)18(14-25)13-19-16-27(22-10-5-3-8-20(19)22)15-17-7-2-4-9-21(17)24/h2-5,7-10,13,16H,6,11-12,15H2,1H3,(H,26,28). The molecule has 0 saturated heterocycles. The van der Waals surface area contributed by atoms with E-state index >= 15 is 0 Å². The molecule has 0 saturated carbocycles. The van der Waals surface area contributed by atoms with Crippen LogP contribution in [0.1, 0.15) is 17.5 Å². The van der Waals surface area contributed by atoms with Crippen molar-refractivity contribution in [3.8, 4) is 6.07 Å². The quantitative estimate of drug-likeness (QED) is 0.342. The number of rotatable bonds is 8. The van der Waals surface area contributed by atoms with E-state index < -0.39 is 0 Å². The zero-order chi connectivity index (χ0) is 20.6. The highest BCUT2D eigenvalue weighted by Crippen LogP contribution is 2.26. The number of nitrogens with zero attached hydrogens (tertiary/aromatic N) is 2. The summed E-state index contributed by atoms with van der Waals surface area (Å²) in [6.07, 6.45) is 4.28. The lowest BCUT2D eigenvalue weighted by Crippen LogP contribution is -2.26. The van der Waals surface area contributed by atoms with Crippen LogP contribution in [0.3, 0.4) is 0 Å². The molecule has 29 heavy (non-hydrogen) atoms. The van der Waals surface area contributed by atoms with Crippen molar-refractivity contribution in [2.45, 2.75) is 13.0 Å². The molecule has 1 amide bonds. The second-order valence-electron chi connectivity index (χ2n) is 6.59. The number of hydrogen-bond acceptors (Lipinski definition) is 3. The first-order valence-corrected chi connectivity index (χ1v) is 9.72. The summed E-state index contributed by atoms with van der Waals surface area (Å²) in [5.41, 5.74) is 2.90. The Labute approximate surface area is 175 Å². The average Bonchev–Trinajstić information content (AvgIpc) is 3.08. The van der Waals surface area contributed by atoms with Crippen LogP contribution in [-0.2, 0) is 16.1 Å². The van der Waals surface area contributed by atoms with Crippen LogP contribution in [0.25, 0.3) is 17.0 Å². The number of para-hydroxylation sites is 1. The van der Waals surface area contributed by atoms with Crippen molar-refractivity contribution in [2.24, 2.45) is 0 Å². The van der Waals surface area contributed by atoms with E-state index in [1.54, 1.807) is 13.2 Å². The lowest BCUT2D eigenvalue weighted by atomic mass is 10.1. The molecule has 148 valence electrons. The molecule has 3 aromatic rings. The average molecular weight is 408 g/mol. The number of methoxy groups -OCH3 is 1. The highest BCUT2D eigenvalue weighted by atomic mass is 35.5. The van der Waals surface area contributed by atoms with Gasteiger partial charge in [-0.05, 0) is 30.2 Å². The molecule has 2 aromatic carbocycles. The van der Waals surface area contributed by atoms with Crippen molar-refractivity contribution < 1.29 is 9.53 Å². The summed E-state index contributed by atoms with van der Waals surface area (Å²) in [6, 6.07) is 17.6. The molecular formula is C23H22ClN3O2. The molecule has 0 atom stereocenters. The number of aromatic nitrogens is 1. The number of amides is 1. The van der Waals surface area contributed by atoms with Crippen molar-refractivity contribution in [1.82, 2.24) is 9.88 Å². The third-order valence-electron chi connectivity index (χ3n) is 4.59. The summed E-state index contributed by atoms with van der Waals surface area (Å²) in [6.45, 7) is 1.61. The van der Waals surface area contributed by atoms with Crippen molar-refractivity contribution in [3.63, 3.8) is 0 Å². The molecule has 1 N–H and O–H groups in total. The molecule has 0 spiro atoms. The molecule has 0 unspecified atom stereocenters. The van der Waals surface area contributed by atoms with E-state index in [0.29, 0.717) is 31.1 Å². The van der Waals surface area contributed by atoms with Gasteiger partial charge in [-0.2, -0.15) is 5.26 Å². The third kappa shape index (κ3) is 5.05. The number of benzene rings is 2. The summed E-state index contributed by atoms with van der Waals surface area (Å²) < 4.78 is 7.05. The minimum absolute atomic E-state index is 0.0723. The number of carbonyl (C=O) groups is 1. The van der Waals surface area contributed by atoms with E-state index in [1.807, 2.05) is 60.8 Å². The molecule has 3 rings (SSSR count). The number of halogens is 1. The van der Waals surface area contributed by atoms with Gasteiger partial charge in [0.25, 0.3) is 5.91 Å². The van der Waals surface area contributed by atoms with Crippen LogP contribution in [-0.4, -0.2) is 30.7 Å². The topological polar surface area (TPSA) is 67.0 Å². The van der Waals surface area contributed by atoms with E-state index in [0.717, 1.165) is 22.0 Å². The zero-order valence-corrected chi connectivity index (χ0v) is 16.9. The van der Waals surface area contributed by atoms with Crippen LogP contribution >= 0.6 is 11.6 Å². The summed E-state index contributed by atoms with van der Waals surface area (Å²) in [4.78, 5) is 12.4. The van der Waals surface area contributed by atoms with Gasteiger partial charge in [-0.1, -0.05) is 48.0 Å². The predicted octanol–water partition coefficient (Wildman–Crippen LogP) is 4.40. The summed E-state index contributed by atoms with van der Waals surface area (Å²) in [7, 11) is 1.61. The van der Waals surface area contributed by atoms with E-state index in [1.165, 1.54) is 0 Å². The fourth-order valence-corrected chi connectivity index (χ4v) is 3.34. The largest absolute Gasteiger partial charge is 0.385 e. The monoisotopic (exact) mass is 407 g/mol. The Morgan fingerprint density at radius 1 is 1.24 bits per heavy atom. The maximum absolute atomic E-state index is 12.4. The van der Waals surface area contributed by atoms with Gasteiger partial charge >= 0.3 is 0 Å². The van der Waals surface area contributed by atoms with Gasteiger partial charge in [0.1, 0.15) is 11.6 Å². The minimum atomic E-state index is -0.383. The molecule has 0 radical (unpaired) electrons. The molecule has 0 aliphatic carbocycles. The highest BCUT2D eigenvalue weighted by Gasteiger charge is 2.13. The number of hydrogen-bond donors (Lipinski definition) is 1. The maximum atomic E-state index is 12.4. The smallest absolute Gasteiger partial charge is 0.261 e. The van der Waals surface area contributed by atoms with Crippen LogP contribution < -0.4 is 5.32 Å². The molecule has 1 heterocycles. The van der Waals surface area contributed by atoms with Crippen molar-refractivity contribution in [3.05, 3.63) is 76.5 Å². The summed E-state index contributed by atoms with van der Waals surface area (Å²) >= 11 is 6.32. The fraction of sp³-hybridized carbons (Fsp3) is 0.217. The van der Waals surface area contributed by atoms with Gasteiger partial charge < -0.3 is 14.6 Å². The minimum Gasteiger partial charge on any atom is -0.385 e. The van der Waals surface area contributed by atoms with Crippen molar-refractivity contribution >= 4 is 34.5 Å². The molecule has 5 nitrogen and oxygen atoms in total. The number of carbonyl (C=O) groups excluding carboxylic acids is 1. The Bertz CT molecular complexity index is 1080. The number of fused-ring (bicyclic) bond motifs is 1. The fourth-order valence-electron chi connectivity index (χ4n) is 3.15. The van der Waals surface area contributed by atoms with E-state index in [9.17, 15) is 10.1 Å². The normalized spacial score (nSPS) is 11.4. The molecule has 1 aromatic heterocycles. The SMILES string of the molecule is COCCCNC(=O)C(C#N)=Cc1cn(Cc2ccccc2Cl)c2ccccc12. The number of nitrogens with one attached hydrogen (secondary N) is 1. The maximum Gasteiger partial charge on any atom is 0.261 e. The van der Waals surface area contributed by atoms with Crippen LogP contribution in [0.15, 0.2) is 60.3 Å². The first kappa shape index (κ1) is 20.7. The zero-order valence-electron chi connectivity index (χ0n) is 16.2. The first-order chi connectivity index (χ1) is 14.1. The lowest BCUT2D eigenvalue weighted by Gasteiger charge is -2.07. The Balaban J connectivity index is 1.91. The molecular weight excluding hydrogens is 386 g/mol. The lowest BCUT2D eigenvalue weighted by molar-refractivity contribution is -0.117. The Kier molecular flexibility index (Phi) is 7.07. The van der Waals surface area contributed by atoms with Gasteiger partial charge in [-0.3, -0.25) is 4.79 Å². The summed E-state index contributed by atoms with van der Waals surface area (Å²) in [5, 5.41) is 13.9. The van der Waals surface area contributed by atoms with Crippen molar-refractivity contribution in [2.75, 3.05) is 20.3 Å². The number of nitriles is 1.